The van der Waals surface area contributed by atoms with E-state index in [0.717, 1.165) is 4.90 Å². The van der Waals surface area contributed by atoms with Gasteiger partial charge in [0, 0.05) is 24.5 Å². The molecule has 5 rings (SSSR count). The maximum atomic E-state index is 14.9. The van der Waals surface area contributed by atoms with Crippen molar-refractivity contribution in [2.45, 2.75) is 99.6 Å². The lowest BCUT2D eigenvalue weighted by Gasteiger charge is -2.34. The highest BCUT2D eigenvalue weighted by atomic mass is 35.5. The van der Waals surface area contributed by atoms with Crippen molar-refractivity contribution in [1.82, 2.24) is 20.9 Å². The first-order valence-electron chi connectivity index (χ1n) is 19.4. The zero-order chi connectivity index (χ0) is 44.0. The minimum Gasteiger partial charge on any atom is -0.497 e. The lowest BCUT2D eigenvalue weighted by molar-refractivity contribution is -0.175. The summed E-state index contributed by atoms with van der Waals surface area (Å²) in [6, 6.07) is 14.4. The predicted octanol–water partition coefficient (Wildman–Crippen LogP) is 5.51. The van der Waals surface area contributed by atoms with Crippen LogP contribution < -0.4 is 20.7 Å². The number of ketones is 1. The van der Waals surface area contributed by atoms with Gasteiger partial charge in [0.05, 0.1) is 29.6 Å². The van der Waals surface area contributed by atoms with Crippen LogP contribution in [-0.2, 0) is 53.1 Å². The van der Waals surface area contributed by atoms with E-state index in [2.05, 4.69) is 16.0 Å². The van der Waals surface area contributed by atoms with Crippen LogP contribution >= 0.6 is 11.6 Å². The Hall–Kier alpha value is -5.16. The van der Waals surface area contributed by atoms with Crippen molar-refractivity contribution in [3.63, 3.8) is 0 Å². The van der Waals surface area contributed by atoms with Gasteiger partial charge in [0.2, 0.25) is 17.7 Å². The summed E-state index contributed by atoms with van der Waals surface area (Å²) < 4.78 is 74.2. The molecule has 1 saturated carbocycles. The number of methoxy groups -OCH3 is 1. The van der Waals surface area contributed by atoms with Crippen LogP contribution in [0, 0.1) is 5.92 Å². The summed E-state index contributed by atoms with van der Waals surface area (Å²) in [5.41, 5.74) is 1.09. The highest BCUT2D eigenvalue weighted by Gasteiger charge is 2.50. The third-order valence-electron chi connectivity index (χ3n) is 11.2. The molecule has 4 N–H and O–H groups in total. The van der Waals surface area contributed by atoms with Gasteiger partial charge < -0.3 is 30.7 Å². The van der Waals surface area contributed by atoms with Crippen molar-refractivity contribution in [1.29, 1.82) is 0 Å². The highest BCUT2D eigenvalue weighted by Crippen LogP contribution is 2.42. The second-order valence-electron chi connectivity index (χ2n) is 15.6. The highest BCUT2D eigenvalue weighted by molar-refractivity contribution is 7.91. The average molecular weight is 877 g/mol. The summed E-state index contributed by atoms with van der Waals surface area (Å²) in [5.74, 6) is -5.77. The number of Topliss-reactive ketones (excluding diaryl/α,β-unsaturated/α-hetero) is 1. The number of carbonyl (C=O) groups excluding carboxylic acids is 4. The summed E-state index contributed by atoms with van der Waals surface area (Å²) in [4.78, 5) is 68.0. The SMILES string of the molecule is COc1ccc(CS(=O)(=O)[C@@H]2C[C@@H](C(=O)N[C@H](C(=O)C(F)(F)F)C(C)C)N(C(=O)[C@H](Cc3ccc(CNC(=O)O)cc3)NC(=O)C3(c4ccc(Cl)cc4)CCCC3)C2)cc1. The smallest absolute Gasteiger partial charge is 0.452 e. The first kappa shape index (κ1) is 45.9. The van der Waals surface area contributed by atoms with Gasteiger partial charge in [0.25, 0.3) is 5.78 Å². The summed E-state index contributed by atoms with van der Waals surface area (Å²) in [7, 11) is -2.70. The average Bonchev–Trinajstić information content (AvgIpc) is 3.89. The Morgan fingerprint density at radius 1 is 0.900 bits per heavy atom. The zero-order valence-electron chi connectivity index (χ0n) is 33.3. The number of likely N-dealkylation sites (tertiary alicyclic amines) is 1. The molecule has 0 unspecified atom stereocenters. The van der Waals surface area contributed by atoms with E-state index in [0.29, 0.717) is 58.7 Å². The number of nitrogens with zero attached hydrogens (tertiary/aromatic N) is 1. The Kier molecular flexibility index (Phi) is 14.6. The maximum absolute atomic E-state index is 14.9. The van der Waals surface area contributed by atoms with E-state index in [1.165, 1.54) is 21.0 Å². The number of benzene rings is 3. The van der Waals surface area contributed by atoms with Gasteiger partial charge in [0.15, 0.2) is 9.84 Å². The van der Waals surface area contributed by atoms with Gasteiger partial charge in [-0.2, -0.15) is 13.2 Å². The number of hydrogen-bond acceptors (Lipinski definition) is 8. The van der Waals surface area contributed by atoms with E-state index >= 15 is 0 Å². The Morgan fingerprint density at radius 2 is 1.48 bits per heavy atom. The summed E-state index contributed by atoms with van der Waals surface area (Å²) in [6.45, 7) is 2.07. The van der Waals surface area contributed by atoms with Gasteiger partial charge in [0.1, 0.15) is 17.8 Å². The van der Waals surface area contributed by atoms with Gasteiger partial charge in [-0.3, -0.25) is 19.2 Å². The number of carboxylic acid groups (broad SMARTS) is 1. The quantitative estimate of drug-likeness (QED) is 0.144. The second-order valence-corrected chi connectivity index (χ2v) is 18.3. The van der Waals surface area contributed by atoms with Gasteiger partial charge >= 0.3 is 12.3 Å². The number of halogens is 4. The van der Waals surface area contributed by atoms with Gasteiger partial charge in [-0.1, -0.05) is 86.8 Å². The van der Waals surface area contributed by atoms with Crippen LogP contribution in [0.25, 0.3) is 0 Å². The first-order valence-corrected chi connectivity index (χ1v) is 21.5. The fourth-order valence-corrected chi connectivity index (χ4v) is 9.76. The Balaban J connectivity index is 1.53. The fraction of sp³-hybridized carbons (Fsp3) is 0.452. The van der Waals surface area contributed by atoms with Crippen molar-refractivity contribution in [3.8, 4) is 5.75 Å². The Morgan fingerprint density at radius 3 is 2.03 bits per heavy atom. The van der Waals surface area contributed by atoms with Crippen molar-refractivity contribution in [2.24, 2.45) is 5.92 Å². The molecule has 1 aliphatic heterocycles. The van der Waals surface area contributed by atoms with E-state index in [1.54, 1.807) is 72.8 Å². The number of sulfone groups is 1. The molecule has 3 aromatic rings. The number of amides is 4. The van der Waals surface area contributed by atoms with Gasteiger partial charge in [-0.25, -0.2) is 13.2 Å². The van der Waals surface area contributed by atoms with Crippen LogP contribution in [0.15, 0.2) is 72.8 Å². The lowest BCUT2D eigenvalue weighted by Crippen LogP contribution is -2.58. The Labute approximate surface area is 351 Å². The molecule has 2 aliphatic rings. The molecule has 1 saturated heterocycles. The van der Waals surface area contributed by atoms with E-state index < -0.39 is 99.0 Å². The molecule has 4 amide bonds. The molecule has 1 aliphatic carbocycles. The van der Waals surface area contributed by atoms with Gasteiger partial charge in [-0.05, 0) is 71.7 Å². The molecule has 0 radical (unpaired) electrons. The zero-order valence-corrected chi connectivity index (χ0v) is 34.8. The van der Waals surface area contributed by atoms with Crippen LogP contribution in [0.4, 0.5) is 18.0 Å². The van der Waals surface area contributed by atoms with Crippen molar-refractivity contribution in [2.75, 3.05) is 13.7 Å². The Bertz CT molecular complexity index is 2150. The molecule has 4 atom stereocenters. The number of ether oxygens (including phenoxy) is 1. The minimum atomic E-state index is -5.30. The maximum Gasteiger partial charge on any atom is 0.452 e. The molecule has 60 heavy (non-hydrogen) atoms. The number of carbonyl (C=O) groups is 5. The molecule has 0 aromatic heterocycles. The van der Waals surface area contributed by atoms with E-state index in [-0.39, 0.29) is 13.0 Å². The van der Waals surface area contributed by atoms with Crippen molar-refractivity contribution >= 4 is 51.0 Å². The van der Waals surface area contributed by atoms with Crippen LogP contribution in [-0.4, -0.2) is 91.2 Å². The number of alkyl halides is 3. The van der Waals surface area contributed by atoms with E-state index in [9.17, 15) is 45.6 Å². The van der Waals surface area contributed by atoms with Crippen LogP contribution in [0.1, 0.15) is 68.2 Å². The van der Waals surface area contributed by atoms with E-state index in [1.807, 2.05) is 0 Å². The molecule has 1 heterocycles. The molecular weight excluding hydrogens is 829 g/mol. The standard InChI is InChI=1S/C42H48ClF3N4O9S/c1-25(2)35(36(51)42(44,45)46)49-37(52)34-21-32(60(57,58)24-28-10-16-31(59-3)17-11-28)23-50(34)38(53)33(20-26-6-8-27(9-7-26)22-47-40(55)56)48-39(54)41(18-4-5-19-41)29-12-14-30(43)15-13-29/h6-17,25,32-35,47H,4-5,18-24H2,1-3H3,(H,48,54)(H,49,52)(H,55,56)/t32-,33+,34+,35+/m1/s1. The summed E-state index contributed by atoms with van der Waals surface area (Å²) in [5, 5.41) is 15.4. The normalized spacial score (nSPS) is 18.7. The van der Waals surface area contributed by atoms with Crippen molar-refractivity contribution < 1.29 is 55.4 Å². The molecular formula is C42H48ClF3N4O9S. The summed E-state index contributed by atoms with van der Waals surface area (Å²) in [6.07, 6.45) is -4.90. The molecule has 3 aromatic carbocycles. The number of nitrogens with one attached hydrogen (secondary N) is 3. The van der Waals surface area contributed by atoms with E-state index in [4.69, 9.17) is 21.4 Å². The monoisotopic (exact) mass is 876 g/mol. The third kappa shape index (κ3) is 11.0. The van der Waals surface area contributed by atoms with Crippen LogP contribution in [0.5, 0.6) is 5.75 Å². The molecule has 0 spiro atoms. The molecule has 18 heteroatoms. The number of rotatable bonds is 16. The fourth-order valence-electron chi connectivity index (χ4n) is 7.88. The largest absolute Gasteiger partial charge is 0.497 e. The lowest BCUT2D eigenvalue weighted by atomic mass is 9.77. The number of hydrogen-bond donors (Lipinski definition) is 4. The van der Waals surface area contributed by atoms with Gasteiger partial charge in [-0.15, -0.1) is 0 Å². The minimum absolute atomic E-state index is 0.0104. The third-order valence-corrected chi connectivity index (χ3v) is 13.6. The topological polar surface area (TPSA) is 188 Å². The van der Waals surface area contributed by atoms with Crippen molar-refractivity contribution in [3.05, 3.63) is 100 Å². The second kappa shape index (κ2) is 19.0. The molecule has 324 valence electrons. The first-order chi connectivity index (χ1) is 28.2. The molecule has 0 bridgehead atoms. The predicted molar refractivity (Wildman–Crippen MR) is 216 cm³/mol. The van der Waals surface area contributed by atoms with Crippen LogP contribution in [0.3, 0.4) is 0 Å². The molecule has 13 nitrogen and oxygen atoms in total. The molecule has 2 fully saturated rings. The van der Waals surface area contributed by atoms with Crippen LogP contribution in [0.2, 0.25) is 5.02 Å². The summed E-state index contributed by atoms with van der Waals surface area (Å²) >= 11 is 6.17.